The Bertz CT molecular complexity index is 431. The van der Waals surface area contributed by atoms with E-state index in [4.69, 9.17) is 10.6 Å². The molecule has 1 amide bonds. The topological polar surface area (TPSA) is 92.5 Å². The van der Waals surface area contributed by atoms with E-state index in [-0.39, 0.29) is 5.91 Å². The number of hydrogen-bond acceptors (Lipinski definition) is 6. The maximum absolute atomic E-state index is 12.1. The molecule has 1 aliphatic heterocycles. The number of nitrogen functional groups attached to an aromatic ring is 1. The Labute approximate surface area is 105 Å². The number of aromatic nitrogens is 1. The molecule has 0 atom stereocenters. The van der Waals surface area contributed by atoms with Crippen molar-refractivity contribution in [2.75, 3.05) is 31.7 Å². The molecule has 1 aliphatic rings. The third-order valence-electron chi connectivity index (χ3n) is 2.71. The van der Waals surface area contributed by atoms with Gasteiger partial charge in [0.25, 0.3) is 5.91 Å². The number of nitrogens with one attached hydrogen (secondary N) is 2. The van der Waals surface area contributed by atoms with Crippen molar-refractivity contribution in [2.24, 2.45) is 5.84 Å². The highest BCUT2D eigenvalue weighted by Crippen LogP contribution is 2.14. The molecule has 7 heteroatoms. The van der Waals surface area contributed by atoms with Gasteiger partial charge in [0.15, 0.2) is 0 Å². The number of amides is 1. The lowest BCUT2D eigenvalue weighted by molar-refractivity contribution is 0.0126. The molecule has 0 aliphatic carbocycles. The molecule has 2 heterocycles. The summed E-state index contributed by atoms with van der Waals surface area (Å²) in [4.78, 5) is 16.2. The molecular formula is C11H17N5O2. The maximum Gasteiger partial charge on any atom is 0.269 e. The van der Waals surface area contributed by atoms with Gasteiger partial charge in [-0.15, -0.1) is 0 Å². The maximum atomic E-state index is 12.1. The van der Waals surface area contributed by atoms with Crippen LogP contribution in [0.5, 0.6) is 0 Å². The van der Waals surface area contributed by atoms with E-state index in [2.05, 4.69) is 15.8 Å². The molecular weight excluding hydrogens is 234 g/mol. The second-order valence-corrected chi connectivity index (χ2v) is 4.06. The Kier molecular flexibility index (Phi) is 4.08. The number of pyridine rings is 1. The van der Waals surface area contributed by atoms with E-state index in [0.717, 1.165) is 5.69 Å². The third-order valence-corrected chi connectivity index (χ3v) is 2.71. The molecule has 0 radical (unpaired) electrons. The van der Waals surface area contributed by atoms with Gasteiger partial charge in [-0.2, -0.15) is 0 Å². The third kappa shape index (κ3) is 2.95. The van der Waals surface area contributed by atoms with Gasteiger partial charge in [0.1, 0.15) is 0 Å². The Morgan fingerprint density at radius 1 is 1.50 bits per heavy atom. The Morgan fingerprint density at radius 2 is 2.22 bits per heavy atom. The predicted molar refractivity (Wildman–Crippen MR) is 66.6 cm³/mol. The molecule has 0 saturated carbocycles. The fourth-order valence-corrected chi connectivity index (χ4v) is 1.74. The zero-order valence-corrected chi connectivity index (χ0v) is 10.3. The molecule has 0 bridgehead atoms. The van der Waals surface area contributed by atoms with Crippen LogP contribution in [0.1, 0.15) is 16.1 Å². The molecule has 1 fully saturated rings. The monoisotopic (exact) mass is 251 g/mol. The highest BCUT2D eigenvalue weighted by Gasteiger charge is 2.17. The highest BCUT2D eigenvalue weighted by atomic mass is 16.5. The lowest BCUT2D eigenvalue weighted by Gasteiger charge is -2.27. The van der Waals surface area contributed by atoms with Gasteiger partial charge in [0, 0.05) is 25.0 Å². The van der Waals surface area contributed by atoms with Crippen molar-refractivity contribution in [1.82, 2.24) is 15.4 Å². The number of carbonyl (C=O) groups excluding carboxylic acids is 1. The van der Waals surface area contributed by atoms with Gasteiger partial charge in [0.05, 0.1) is 24.5 Å². The summed E-state index contributed by atoms with van der Waals surface area (Å²) in [6.07, 6.45) is 1.51. The number of ether oxygens (including phenoxy) is 1. The summed E-state index contributed by atoms with van der Waals surface area (Å²) in [6, 6.07) is 1.73. The van der Waals surface area contributed by atoms with E-state index >= 15 is 0 Å². The summed E-state index contributed by atoms with van der Waals surface area (Å²) in [5, 5.41) is 1.83. The van der Waals surface area contributed by atoms with Crippen molar-refractivity contribution in [2.45, 2.75) is 6.92 Å². The number of aryl methyl sites for hydroxylation is 1. The first-order valence-corrected chi connectivity index (χ1v) is 5.77. The second kappa shape index (κ2) is 5.76. The minimum atomic E-state index is -0.225. The fourth-order valence-electron chi connectivity index (χ4n) is 1.74. The average molecular weight is 251 g/mol. The first kappa shape index (κ1) is 12.7. The quantitative estimate of drug-likeness (QED) is 0.502. The SMILES string of the molecule is Cc1cc(NN)c(C(=O)NN2CCOCC2)cn1. The molecule has 4 N–H and O–H groups in total. The lowest BCUT2D eigenvalue weighted by atomic mass is 10.2. The molecule has 0 spiro atoms. The number of anilines is 1. The summed E-state index contributed by atoms with van der Waals surface area (Å²) >= 11 is 0. The average Bonchev–Trinajstić information content (AvgIpc) is 2.39. The van der Waals surface area contributed by atoms with E-state index in [1.165, 1.54) is 6.20 Å². The number of hydrazine groups is 2. The Morgan fingerprint density at radius 3 is 2.89 bits per heavy atom. The molecule has 1 saturated heterocycles. The lowest BCUT2D eigenvalue weighted by Crippen LogP contribution is -2.48. The highest BCUT2D eigenvalue weighted by molar-refractivity contribution is 5.98. The smallest absolute Gasteiger partial charge is 0.269 e. The van der Waals surface area contributed by atoms with Crippen LogP contribution in [-0.2, 0) is 4.74 Å². The van der Waals surface area contributed by atoms with E-state index in [1.54, 1.807) is 6.07 Å². The van der Waals surface area contributed by atoms with Crippen molar-refractivity contribution in [3.05, 3.63) is 23.5 Å². The van der Waals surface area contributed by atoms with Crippen LogP contribution in [0.4, 0.5) is 5.69 Å². The van der Waals surface area contributed by atoms with Crippen molar-refractivity contribution in [1.29, 1.82) is 0 Å². The van der Waals surface area contributed by atoms with Gasteiger partial charge >= 0.3 is 0 Å². The number of carbonyl (C=O) groups is 1. The molecule has 0 unspecified atom stereocenters. The largest absolute Gasteiger partial charge is 0.379 e. The van der Waals surface area contributed by atoms with Crippen molar-refractivity contribution >= 4 is 11.6 Å². The first-order valence-electron chi connectivity index (χ1n) is 5.77. The van der Waals surface area contributed by atoms with E-state index in [9.17, 15) is 4.79 Å². The van der Waals surface area contributed by atoms with Crippen LogP contribution in [0.3, 0.4) is 0 Å². The first-order chi connectivity index (χ1) is 8.70. The number of rotatable bonds is 3. The number of morpholine rings is 1. The Balaban J connectivity index is 2.08. The molecule has 98 valence electrons. The van der Waals surface area contributed by atoms with Gasteiger partial charge in [-0.05, 0) is 13.0 Å². The van der Waals surface area contributed by atoms with E-state index < -0.39 is 0 Å². The van der Waals surface area contributed by atoms with Crippen LogP contribution in [0.25, 0.3) is 0 Å². The molecule has 7 nitrogen and oxygen atoms in total. The zero-order valence-electron chi connectivity index (χ0n) is 10.3. The zero-order chi connectivity index (χ0) is 13.0. The summed E-state index contributed by atoms with van der Waals surface area (Å²) in [7, 11) is 0. The van der Waals surface area contributed by atoms with E-state index in [1.807, 2.05) is 11.9 Å². The van der Waals surface area contributed by atoms with Gasteiger partial charge < -0.3 is 10.2 Å². The number of nitrogens with zero attached hydrogens (tertiary/aromatic N) is 2. The van der Waals surface area contributed by atoms with Gasteiger partial charge in [-0.1, -0.05) is 0 Å². The fraction of sp³-hybridized carbons (Fsp3) is 0.455. The van der Waals surface area contributed by atoms with Crippen LogP contribution in [0.15, 0.2) is 12.3 Å². The molecule has 1 aromatic heterocycles. The number of nitrogens with two attached hydrogens (primary N) is 1. The summed E-state index contributed by atoms with van der Waals surface area (Å²) < 4.78 is 5.21. The van der Waals surface area contributed by atoms with Crippen LogP contribution < -0.4 is 16.7 Å². The van der Waals surface area contributed by atoms with Crippen LogP contribution in [0, 0.1) is 6.92 Å². The second-order valence-electron chi connectivity index (χ2n) is 4.06. The summed E-state index contributed by atoms with van der Waals surface area (Å²) in [6.45, 7) is 4.43. The molecule has 2 rings (SSSR count). The predicted octanol–water partition coefficient (Wildman–Crippen LogP) is -0.347. The normalized spacial score (nSPS) is 16.3. The van der Waals surface area contributed by atoms with Crippen molar-refractivity contribution < 1.29 is 9.53 Å². The van der Waals surface area contributed by atoms with Crippen molar-refractivity contribution in [3.63, 3.8) is 0 Å². The minimum absolute atomic E-state index is 0.225. The minimum Gasteiger partial charge on any atom is -0.379 e. The molecule has 18 heavy (non-hydrogen) atoms. The summed E-state index contributed by atoms with van der Waals surface area (Å²) in [5.74, 6) is 5.17. The molecule has 0 aromatic carbocycles. The van der Waals surface area contributed by atoms with Crippen LogP contribution >= 0.6 is 0 Å². The van der Waals surface area contributed by atoms with Gasteiger partial charge in [-0.3, -0.25) is 21.0 Å². The number of hydrogen-bond donors (Lipinski definition) is 3. The Hall–Kier alpha value is -1.70. The van der Waals surface area contributed by atoms with Crippen LogP contribution in [-0.4, -0.2) is 42.2 Å². The van der Waals surface area contributed by atoms with Crippen molar-refractivity contribution in [3.8, 4) is 0 Å². The standard InChI is InChI=1S/C11H17N5O2/c1-8-6-10(14-12)9(7-13-8)11(17)15-16-2-4-18-5-3-16/h6-7H,2-5,12H2,1H3,(H,13,14)(H,15,17). The van der Waals surface area contributed by atoms with Gasteiger partial charge in [0.2, 0.25) is 0 Å². The molecule has 1 aromatic rings. The van der Waals surface area contributed by atoms with Gasteiger partial charge in [-0.25, -0.2) is 5.01 Å². The van der Waals surface area contributed by atoms with E-state index in [0.29, 0.717) is 37.6 Å². The summed E-state index contributed by atoms with van der Waals surface area (Å²) in [5.41, 5.74) is 7.10. The van der Waals surface area contributed by atoms with Crippen LogP contribution in [0.2, 0.25) is 0 Å².